The summed E-state index contributed by atoms with van der Waals surface area (Å²) in [7, 11) is 0.412. The Labute approximate surface area is 172 Å². The summed E-state index contributed by atoms with van der Waals surface area (Å²) < 4.78 is 18.9. The lowest BCUT2D eigenvalue weighted by atomic mass is 9.97. The molecule has 0 bridgehead atoms. The minimum Gasteiger partial charge on any atom is -0.496 e. The maximum Gasteiger partial charge on any atom is 0.220 e. The molecular weight excluding hydrogens is 370 g/mol. The quantitative estimate of drug-likeness (QED) is 0.691. The highest BCUT2D eigenvalue weighted by Gasteiger charge is 2.57. The Morgan fingerprint density at radius 3 is 2.71 bits per heavy atom. The number of carbonyl (C=O) groups excluding carboxylic acids is 1. The first-order valence-corrected chi connectivity index (χ1v) is 11.2. The number of fused-ring (bicyclic) bond motifs is 1. The van der Waals surface area contributed by atoms with Crippen LogP contribution in [0.15, 0.2) is 45.2 Å². The Balaban J connectivity index is 0.00000300. The lowest BCUT2D eigenvalue weighted by Crippen LogP contribution is -2.38. The largest absolute Gasteiger partial charge is 0.496 e. The number of allylic oxidation sites excluding steroid dienone is 1. The maximum atomic E-state index is 13.5. The normalized spacial score (nSPS) is 24.5. The molecule has 0 saturated heterocycles. The molecule has 0 aliphatic heterocycles. The topological polar surface area (TPSA) is 55.4 Å². The van der Waals surface area contributed by atoms with Crippen molar-refractivity contribution in [3.63, 3.8) is 0 Å². The van der Waals surface area contributed by atoms with Gasteiger partial charge in [-0.2, -0.15) is 0 Å². The molecule has 0 heterocycles. The second kappa shape index (κ2) is 7.86. The van der Waals surface area contributed by atoms with Crippen LogP contribution in [0.1, 0.15) is 66.8 Å². The fourth-order valence-corrected chi connectivity index (χ4v) is 5.76. The standard InChI is InChI=1S/C23H31NO3S.H2/c1-7-8-21(25)24-23-12-15(4)22(16(5)19(23)13-23)28(26)17-9-10-20(27-6)18(11-17)14(2)3;/h9-12,14,19H,7-8,13H2,1-6H3,(H,24,25);1H. The summed E-state index contributed by atoms with van der Waals surface area (Å²) in [5, 5.41) is 3.20. The third kappa shape index (κ3) is 3.69. The summed E-state index contributed by atoms with van der Waals surface area (Å²) in [6.45, 7) is 10.3. The van der Waals surface area contributed by atoms with Crippen molar-refractivity contribution in [1.29, 1.82) is 0 Å². The summed E-state index contributed by atoms with van der Waals surface area (Å²) in [4.78, 5) is 13.8. The highest BCUT2D eigenvalue weighted by atomic mass is 32.2. The molecule has 1 saturated carbocycles. The first-order chi connectivity index (χ1) is 13.2. The van der Waals surface area contributed by atoms with E-state index in [0.29, 0.717) is 6.42 Å². The third-order valence-electron chi connectivity index (χ3n) is 5.79. The fraction of sp³-hybridized carbons (Fsp3) is 0.522. The highest BCUT2D eigenvalue weighted by molar-refractivity contribution is 7.89. The van der Waals surface area contributed by atoms with Crippen LogP contribution in [0.25, 0.3) is 0 Å². The van der Waals surface area contributed by atoms with Gasteiger partial charge in [-0.25, -0.2) is 4.21 Å². The number of rotatable bonds is 7. The van der Waals surface area contributed by atoms with Gasteiger partial charge in [0.2, 0.25) is 5.91 Å². The number of nitrogens with one attached hydrogen (secondary N) is 1. The van der Waals surface area contributed by atoms with E-state index in [4.69, 9.17) is 4.74 Å². The zero-order valence-corrected chi connectivity index (χ0v) is 18.5. The van der Waals surface area contributed by atoms with Crippen molar-refractivity contribution < 1.29 is 15.2 Å². The molecule has 1 aromatic carbocycles. The summed E-state index contributed by atoms with van der Waals surface area (Å²) >= 11 is 0. The van der Waals surface area contributed by atoms with Crippen LogP contribution in [-0.2, 0) is 15.6 Å². The van der Waals surface area contributed by atoms with Gasteiger partial charge in [0.05, 0.1) is 23.4 Å². The van der Waals surface area contributed by atoms with E-state index in [9.17, 15) is 9.00 Å². The van der Waals surface area contributed by atoms with Crippen molar-refractivity contribution in [3.05, 3.63) is 45.9 Å². The molecule has 0 radical (unpaired) electrons. The van der Waals surface area contributed by atoms with Gasteiger partial charge in [-0.3, -0.25) is 4.79 Å². The predicted molar refractivity (Wildman–Crippen MR) is 116 cm³/mol. The molecule has 1 amide bonds. The summed E-state index contributed by atoms with van der Waals surface area (Å²) in [5.74, 6) is 1.47. The zero-order chi connectivity index (χ0) is 20.6. The van der Waals surface area contributed by atoms with E-state index in [1.807, 2.05) is 32.0 Å². The molecule has 3 rings (SSSR count). The molecule has 2 aliphatic carbocycles. The average Bonchev–Trinajstić information content (AvgIpc) is 3.34. The van der Waals surface area contributed by atoms with Crippen LogP contribution in [-0.4, -0.2) is 22.8 Å². The lowest BCUT2D eigenvalue weighted by molar-refractivity contribution is -0.121. The molecule has 28 heavy (non-hydrogen) atoms. The molecule has 2 aliphatic rings. The fourth-order valence-electron chi connectivity index (χ4n) is 4.31. The van der Waals surface area contributed by atoms with Gasteiger partial charge in [0, 0.05) is 23.6 Å². The Morgan fingerprint density at radius 1 is 1.39 bits per heavy atom. The van der Waals surface area contributed by atoms with E-state index >= 15 is 0 Å². The van der Waals surface area contributed by atoms with Crippen LogP contribution in [0.2, 0.25) is 0 Å². The molecule has 1 N–H and O–H groups in total. The minimum absolute atomic E-state index is 0. The van der Waals surface area contributed by atoms with Gasteiger partial charge in [-0.1, -0.05) is 32.4 Å². The smallest absolute Gasteiger partial charge is 0.220 e. The van der Waals surface area contributed by atoms with Crippen LogP contribution < -0.4 is 10.1 Å². The SMILES string of the molecule is CCCC(=O)NC12C=C(C)C(S(=O)c3ccc(OC)c(C(C)C)c3)=C(C)C1C2.[HH]. The van der Waals surface area contributed by atoms with Crippen LogP contribution in [0, 0.1) is 5.92 Å². The van der Waals surface area contributed by atoms with Crippen LogP contribution in [0.5, 0.6) is 5.75 Å². The van der Waals surface area contributed by atoms with Crippen LogP contribution in [0.3, 0.4) is 0 Å². The number of amides is 1. The average molecular weight is 404 g/mol. The number of methoxy groups -OCH3 is 1. The Hall–Kier alpha value is -1.88. The number of benzene rings is 1. The molecule has 1 fully saturated rings. The Bertz CT molecular complexity index is 890. The highest BCUT2D eigenvalue weighted by Crippen LogP contribution is 2.55. The van der Waals surface area contributed by atoms with Crippen molar-refractivity contribution in [2.75, 3.05) is 7.11 Å². The molecule has 1 aromatic rings. The number of hydrogen-bond donors (Lipinski definition) is 1. The monoisotopic (exact) mass is 403 g/mol. The summed E-state index contributed by atoms with van der Waals surface area (Å²) in [5.41, 5.74) is 2.94. The van der Waals surface area contributed by atoms with E-state index in [-0.39, 0.29) is 24.7 Å². The van der Waals surface area contributed by atoms with Crippen LogP contribution in [0.4, 0.5) is 0 Å². The van der Waals surface area contributed by atoms with Crippen molar-refractivity contribution >= 4 is 16.7 Å². The van der Waals surface area contributed by atoms with Gasteiger partial charge >= 0.3 is 0 Å². The second-order valence-electron chi connectivity index (χ2n) is 8.26. The second-order valence-corrected chi connectivity index (χ2v) is 9.68. The van der Waals surface area contributed by atoms with Gasteiger partial charge in [-0.15, -0.1) is 0 Å². The zero-order valence-electron chi connectivity index (χ0n) is 17.7. The maximum absolute atomic E-state index is 13.5. The molecule has 3 unspecified atom stereocenters. The molecule has 4 nitrogen and oxygen atoms in total. The van der Waals surface area contributed by atoms with Gasteiger partial charge in [-0.05, 0) is 61.9 Å². The Morgan fingerprint density at radius 2 is 2.11 bits per heavy atom. The predicted octanol–water partition coefficient (Wildman–Crippen LogP) is 5.08. The van der Waals surface area contributed by atoms with Crippen LogP contribution >= 0.6 is 0 Å². The molecule has 5 heteroatoms. The van der Waals surface area contributed by atoms with E-state index in [1.165, 1.54) is 0 Å². The summed E-state index contributed by atoms with van der Waals surface area (Å²) in [6.07, 6.45) is 4.41. The van der Waals surface area contributed by atoms with E-state index in [1.54, 1.807) is 7.11 Å². The van der Waals surface area contributed by atoms with Gasteiger partial charge in [0.25, 0.3) is 0 Å². The number of hydrogen-bond acceptors (Lipinski definition) is 3. The number of carbonyl (C=O) groups is 1. The minimum atomic E-state index is -1.25. The molecule has 154 valence electrons. The van der Waals surface area contributed by atoms with Crippen molar-refractivity contribution in [2.45, 2.75) is 70.2 Å². The molecular formula is C23H33NO3S. The van der Waals surface area contributed by atoms with Gasteiger partial charge in [0.1, 0.15) is 5.75 Å². The van der Waals surface area contributed by atoms with E-state index < -0.39 is 10.8 Å². The van der Waals surface area contributed by atoms with Gasteiger partial charge < -0.3 is 10.1 Å². The molecule has 3 atom stereocenters. The van der Waals surface area contributed by atoms with Gasteiger partial charge in [0.15, 0.2) is 0 Å². The summed E-state index contributed by atoms with van der Waals surface area (Å²) in [6, 6.07) is 5.81. The first-order valence-electron chi connectivity index (χ1n) is 10.0. The molecule has 0 spiro atoms. The number of ether oxygens (including phenoxy) is 1. The van der Waals surface area contributed by atoms with Crippen molar-refractivity contribution in [1.82, 2.24) is 5.32 Å². The molecule has 0 aromatic heterocycles. The Kier molecular flexibility index (Phi) is 5.85. The van der Waals surface area contributed by atoms with Crippen molar-refractivity contribution in [2.24, 2.45) is 5.92 Å². The van der Waals surface area contributed by atoms with Crippen molar-refractivity contribution in [3.8, 4) is 5.75 Å². The first kappa shape index (κ1) is 20.8. The van der Waals surface area contributed by atoms with E-state index in [2.05, 4.69) is 32.2 Å². The van der Waals surface area contributed by atoms with E-state index in [0.717, 1.165) is 45.1 Å². The third-order valence-corrected chi connectivity index (χ3v) is 7.49. The lowest BCUT2D eigenvalue weighted by Gasteiger charge is -2.25.